The van der Waals surface area contributed by atoms with Gasteiger partial charge in [-0.3, -0.25) is 19.3 Å². The van der Waals surface area contributed by atoms with Crippen LogP contribution >= 0.6 is 23.2 Å². The lowest BCUT2D eigenvalue weighted by Crippen LogP contribution is -2.22. The van der Waals surface area contributed by atoms with Gasteiger partial charge in [-0.25, -0.2) is 9.97 Å². The van der Waals surface area contributed by atoms with Crippen molar-refractivity contribution in [3.05, 3.63) is 92.1 Å². The largest absolute Gasteiger partial charge is 0.485 e. The van der Waals surface area contributed by atoms with Gasteiger partial charge in [-0.1, -0.05) is 29.3 Å². The zero-order valence-corrected chi connectivity index (χ0v) is 21.1. The Bertz CT molecular complexity index is 1460. The maximum Gasteiger partial charge on any atom is 0.277 e. The number of aliphatic hydroxyl groups is 1. The normalized spacial score (nSPS) is 11.5. The summed E-state index contributed by atoms with van der Waals surface area (Å²) >= 11 is 12.8. The van der Waals surface area contributed by atoms with Crippen molar-refractivity contribution in [1.82, 2.24) is 24.5 Å². The molecule has 0 aliphatic rings. The zero-order valence-electron chi connectivity index (χ0n) is 19.6. The van der Waals surface area contributed by atoms with E-state index in [1.807, 2.05) is 25.1 Å². The predicted octanol–water partition coefficient (Wildman–Crippen LogP) is 4.81. The molecule has 180 valence electrons. The molecule has 0 saturated carbocycles. The lowest BCUT2D eigenvalue weighted by Gasteiger charge is -2.17. The minimum Gasteiger partial charge on any atom is -0.485 e. The van der Waals surface area contributed by atoms with Gasteiger partial charge in [-0.15, -0.1) is 0 Å². The molecule has 1 N–H and O–H groups in total. The first-order valence-corrected chi connectivity index (χ1v) is 11.5. The minimum absolute atomic E-state index is 0.0796. The molecule has 0 unspecified atom stereocenters. The van der Waals surface area contributed by atoms with Crippen LogP contribution < -0.4 is 10.3 Å². The summed E-state index contributed by atoms with van der Waals surface area (Å²) in [7, 11) is 0. The van der Waals surface area contributed by atoms with Gasteiger partial charge in [0, 0.05) is 29.8 Å². The lowest BCUT2D eigenvalue weighted by atomic mass is 10.1. The van der Waals surface area contributed by atoms with Crippen molar-refractivity contribution in [2.45, 2.75) is 39.9 Å². The number of aromatic nitrogens is 5. The van der Waals surface area contributed by atoms with Crippen molar-refractivity contribution in [2.75, 3.05) is 0 Å². The lowest BCUT2D eigenvalue weighted by molar-refractivity contribution is 0.0688. The number of hydrogen-bond acceptors (Lipinski definition) is 7. The number of ether oxygens (including phenoxy) is 1. The number of rotatable bonds is 6. The van der Waals surface area contributed by atoms with Gasteiger partial charge in [0.25, 0.3) is 5.56 Å². The van der Waals surface area contributed by atoms with Crippen LogP contribution in [0.25, 0.3) is 17.1 Å². The Morgan fingerprint density at radius 3 is 2.54 bits per heavy atom. The number of hydrogen-bond donors (Lipinski definition) is 1. The summed E-state index contributed by atoms with van der Waals surface area (Å²) < 4.78 is 7.20. The molecule has 0 fully saturated rings. The third-order valence-corrected chi connectivity index (χ3v) is 5.80. The Labute approximate surface area is 212 Å². The van der Waals surface area contributed by atoms with Crippen molar-refractivity contribution in [1.29, 1.82) is 0 Å². The van der Waals surface area contributed by atoms with Crippen LogP contribution in [0.15, 0.2) is 53.6 Å². The zero-order chi connectivity index (χ0) is 25.3. The van der Waals surface area contributed by atoms with Crippen LogP contribution in [0.1, 0.15) is 36.8 Å². The second-order valence-corrected chi connectivity index (χ2v) is 9.29. The van der Waals surface area contributed by atoms with Gasteiger partial charge < -0.3 is 9.84 Å². The molecule has 4 aromatic rings. The molecule has 35 heavy (non-hydrogen) atoms. The number of nitrogens with zero attached hydrogens (tertiary/aromatic N) is 5. The Kier molecular flexibility index (Phi) is 6.89. The third-order valence-electron chi connectivity index (χ3n) is 5.16. The maximum atomic E-state index is 13.3. The summed E-state index contributed by atoms with van der Waals surface area (Å²) in [4.78, 5) is 30.5. The Morgan fingerprint density at radius 1 is 1.06 bits per heavy atom. The van der Waals surface area contributed by atoms with Crippen molar-refractivity contribution in [3.8, 4) is 22.8 Å². The van der Waals surface area contributed by atoms with Crippen LogP contribution in [0.2, 0.25) is 10.0 Å². The molecule has 0 bridgehead atoms. The van der Waals surface area contributed by atoms with Gasteiger partial charge in [0.15, 0.2) is 5.82 Å². The topological polar surface area (TPSA) is 103 Å². The Balaban J connectivity index is 1.72. The first-order chi connectivity index (χ1) is 16.5. The molecule has 4 aromatic heterocycles. The SMILES string of the molecule is Cc1cccc(COc2cc(C)n(-c3cc(-c4ccnc(C(C)(C)O)n4)ncc3Cl)c(=O)c2Cl)n1. The average molecular weight is 512 g/mol. The van der Waals surface area contributed by atoms with Gasteiger partial charge >= 0.3 is 0 Å². The first kappa shape index (κ1) is 24.8. The van der Waals surface area contributed by atoms with Gasteiger partial charge in [0.05, 0.1) is 27.8 Å². The molecule has 4 heterocycles. The predicted molar refractivity (Wildman–Crippen MR) is 134 cm³/mol. The molecular formula is C25H23Cl2N5O3. The van der Waals surface area contributed by atoms with E-state index in [0.717, 1.165) is 11.4 Å². The van der Waals surface area contributed by atoms with E-state index in [4.69, 9.17) is 27.9 Å². The highest BCUT2D eigenvalue weighted by atomic mass is 35.5. The van der Waals surface area contributed by atoms with E-state index < -0.39 is 11.2 Å². The second-order valence-electron chi connectivity index (χ2n) is 8.51. The molecule has 10 heteroatoms. The van der Waals surface area contributed by atoms with E-state index in [1.165, 1.54) is 17.0 Å². The molecular weight excluding hydrogens is 489 g/mol. The summed E-state index contributed by atoms with van der Waals surface area (Å²) in [6, 6.07) is 10.6. The van der Waals surface area contributed by atoms with Crippen LogP contribution in [0.5, 0.6) is 5.75 Å². The summed E-state index contributed by atoms with van der Waals surface area (Å²) in [5.74, 6) is 0.499. The van der Waals surface area contributed by atoms with Gasteiger partial charge in [0.2, 0.25) is 0 Å². The average Bonchev–Trinajstić information content (AvgIpc) is 2.81. The molecule has 0 spiro atoms. The molecule has 0 aliphatic carbocycles. The third kappa shape index (κ3) is 5.35. The molecule has 0 radical (unpaired) electrons. The molecule has 8 nitrogen and oxygen atoms in total. The van der Waals surface area contributed by atoms with Crippen LogP contribution in [-0.2, 0) is 12.2 Å². The van der Waals surface area contributed by atoms with Crippen molar-refractivity contribution in [3.63, 3.8) is 0 Å². The molecule has 0 aromatic carbocycles. The quantitative estimate of drug-likeness (QED) is 0.395. The fourth-order valence-electron chi connectivity index (χ4n) is 3.45. The molecule has 0 amide bonds. The minimum atomic E-state index is -1.23. The van der Waals surface area contributed by atoms with E-state index in [0.29, 0.717) is 22.8 Å². The number of aryl methyl sites for hydroxylation is 2. The summed E-state index contributed by atoms with van der Waals surface area (Å²) in [6.07, 6.45) is 2.97. The molecule has 4 rings (SSSR count). The number of pyridine rings is 3. The maximum absolute atomic E-state index is 13.3. The van der Waals surface area contributed by atoms with E-state index >= 15 is 0 Å². The monoisotopic (exact) mass is 511 g/mol. The fourth-order valence-corrected chi connectivity index (χ4v) is 3.83. The summed E-state index contributed by atoms with van der Waals surface area (Å²) in [5, 5.41) is 10.4. The van der Waals surface area contributed by atoms with E-state index in [-0.39, 0.29) is 28.2 Å². The molecule has 0 atom stereocenters. The van der Waals surface area contributed by atoms with Crippen molar-refractivity contribution >= 4 is 23.2 Å². The van der Waals surface area contributed by atoms with Gasteiger partial charge in [0.1, 0.15) is 23.0 Å². The van der Waals surface area contributed by atoms with Crippen molar-refractivity contribution in [2.24, 2.45) is 0 Å². The standard InChI is InChI=1S/C25H23Cl2N5O3/c1-14-6-5-7-16(30-14)13-35-21-10-15(2)32(23(33)22(21)27)20-11-19(29-12-17(20)26)18-8-9-28-24(31-18)25(3,4)34/h5-12,34H,13H2,1-4H3. The summed E-state index contributed by atoms with van der Waals surface area (Å²) in [6.45, 7) is 7.00. The van der Waals surface area contributed by atoms with Crippen molar-refractivity contribution < 1.29 is 9.84 Å². The molecule has 0 aliphatic heterocycles. The highest BCUT2D eigenvalue weighted by Crippen LogP contribution is 2.29. The van der Waals surface area contributed by atoms with Gasteiger partial charge in [-0.2, -0.15) is 0 Å². The highest BCUT2D eigenvalue weighted by Gasteiger charge is 2.21. The smallest absolute Gasteiger partial charge is 0.277 e. The number of halogens is 2. The van der Waals surface area contributed by atoms with Gasteiger partial charge in [-0.05, 0) is 52.0 Å². The van der Waals surface area contributed by atoms with E-state index in [1.54, 1.807) is 39.0 Å². The van der Waals surface area contributed by atoms with Crippen LogP contribution in [0.3, 0.4) is 0 Å². The Morgan fingerprint density at radius 2 is 1.83 bits per heavy atom. The van der Waals surface area contributed by atoms with E-state index in [2.05, 4.69) is 19.9 Å². The molecule has 0 saturated heterocycles. The highest BCUT2D eigenvalue weighted by molar-refractivity contribution is 6.33. The van der Waals surface area contributed by atoms with Crippen LogP contribution in [0, 0.1) is 13.8 Å². The first-order valence-electron chi connectivity index (χ1n) is 10.7. The summed E-state index contributed by atoms with van der Waals surface area (Å²) in [5.41, 5.74) is 1.74. The van der Waals surface area contributed by atoms with E-state index in [9.17, 15) is 9.90 Å². The Hall–Kier alpha value is -3.33. The van der Waals surface area contributed by atoms with Crippen LogP contribution in [0.4, 0.5) is 0 Å². The fraction of sp³-hybridized carbons (Fsp3) is 0.240. The second kappa shape index (κ2) is 9.73. The van der Waals surface area contributed by atoms with Crippen LogP contribution in [-0.4, -0.2) is 29.6 Å².